The number of aliphatic hydroxyl groups excluding tert-OH is 4. The Morgan fingerprint density at radius 1 is 0.346 bits per heavy atom. The summed E-state index contributed by atoms with van der Waals surface area (Å²) in [6.07, 6.45) is 18.8. The fourth-order valence-electron chi connectivity index (χ4n) is 20.7. The van der Waals surface area contributed by atoms with Crippen LogP contribution in [-0.4, -0.2) is 161 Å². The van der Waals surface area contributed by atoms with Crippen molar-refractivity contribution in [3.63, 3.8) is 0 Å². The second-order valence-electron chi connectivity index (χ2n) is 37.7. The average molecular weight is 1820 g/mol. The number of hydrogen-bond donors (Lipinski definition) is 9. The molecule has 0 amide bonds. The minimum atomic E-state index is 0.140. The summed E-state index contributed by atoms with van der Waals surface area (Å²) in [5.74, 6) is 5.96. The molecule has 706 valence electrons. The third-order valence-corrected chi connectivity index (χ3v) is 28.2. The average Bonchev–Trinajstić information content (AvgIpc) is 1.61. The molecule has 12 aromatic carbocycles. The van der Waals surface area contributed by atoms with E-state index in [1.165, 1.54) is 128 Å². The molecule has 9 N–H and O–H groups in total. The number of phenolic OH excluding ortho intramolecular Hbond substituents is 4. The third-order valence-electron chi connectivity index (χ3n) is 28.2. The molecule has 6 aliphatic rings. The van der Waals surface area contributed by atoms with Gasteiger partial charge in [-0.25, -0.2) is 0 Å². The van der Waals surface area contributed by atoms with Gasteiger partial charge in [0.05, 0.1) is 0 Å². The van der Waals surface area contributed by atoms with E-state index in [9.17, 15) is 40.9 Å². The Balaban J connectivity index is 0.000000138. The van der Waals surface area contributed by atoms with E-state index in [1.807, 2.05) is 109 Å². The summed E-state index contributed by atoms with van der Waals surface area (Å²) in [6, 6.07) is 106. The molecule has 0 bridgehead atoms. The van der Waals surface area contributed by atoms with Gasteiger partial charge in [-0.3, -0.25) is 9.80 Å². The lowest BCUT2D eigenvalue weighted by Crippen LogP contribution is -2.31. The number of nitrogens with zero attached hydrogens (tertiary/aromatic N) is 3. The number of allylic oxidation sites excluding steroid dienone is 5. The van der Waals surface area contributed by atoms with E-state index in [2.05, 4.69) is 191 Å². The Hall–Kier alpha value is -12.3. The second-order valence-corrected chi connectivity index (χ2v) is 37.7. The monoisotopic (exact) mass is 1820 g/mol. The molecular formula is C122H138N4O10. The lowest BCUT2D eigenvalue weighted by molar-refractivity contribution is 0.217. The third kappa shape index (κ3) is 27.1. The van der Waals surface area contributed by atoms with Crippen molar-refractivity contribution in [2.75, 3.05) is 105 Å². The minimum absolute atomic E-state index is 0.140. The van der Waals surface area contributed by atoms with E-state index in [0.717, 1.165) is 179 Å². The molecule has 136 heavy (non-hydrogen) atoms. The van der Waals surface area contributed by atoms with Gasteiger partial charge in [0.25, 0.3) is 0 Å². The van der Waals surface area contributed by atoms with Crippen LogP contribution >= 0.6 is 0 Å². The molecule has 18 rings (SSSR count). The van der Waals surface area contributed by atoms with Crippen LogP contribution in [-0.2, 0) is 0 Å². The molecule has 4 heterocycles. The zero-order valence-corrected chi connectivity index (χ0v) is 79.3. The van der Waals surface area contributed by atoms with Crippen molar-refractivity contribution in [2.45, 2.75) is 134 Å². The van der Waals surface area contributed by atoms with Crippen LogP contribution in [0.5, 0.6) is 34.5 Å². The summed E-state index contributed by atoms with van der Waals surface area (Å²) >= 11 is 0. The molecule has 12 aromatic rings. The Morgan fingerprint density at radius 3 is 0.949 bits per heavy atom. The Bertz CT molecular complexity index is 5800. The van der Waals surface area contributed by atoms with Crippen LogP contribution in [0.4, 0.5) is 0 Å². The molecule has 2 aliphatic carbocycles. The molecule has 2 saturated carbocycles. The Labute approximate surface area is 806 Å². The van der Waals surface area contributed by atoms with Crippen LogP contribution < -0.4 is 14.8 Å². The first-order valence-corrected chi connectivity index (χ1v) is 49.7. The van der Waals surface area contributed by atoms with Gasteiger partial charge in [-0.15, -0.1) is 0 Å². The molecule has 1 spiro atoms. The highest BCUT2D eigenvalue weighted by molar-refractivity contribution is 6.02. The smallest absolute Gasteiger partial charge is 0.119 e. The van der Waals surface area contributed by atoms with Gasteiger partial charge in [0.2, 0.25) is 0 Å². The van der Waals surface area contributed by atoms with Crippen LogP contribution in [0.15, 0.2) is 328 Å². The summed E-state index contributed by atoms with van der Waals surface area (Å²) in [5, 5.41) is 81.3. The van der Waals surface area contributed by atoms with Crippen LogP contribution in [0.3, 0.4) is 0 Å². The van der Waals surface area contributed by atoms with Crippen molar-refractivity contribution in [3.05, 3.63) is 406 Å². The Kier molecular flexibility index (Phi) is 36.1. The lowest BCUT2D eigenvalue weighted by atomic mass is 9.82. The second kappa shape index (κ2) is 49.9. The molecule has 14 heteroatoms. The normalized spacial score (nSPS) is 17.9. The topological polar surface area (TPSA) is 202 Å². The molecule has 0 radical (unpaired) electrons. The van der Waals surface area contributed by atoms with Crippen molar-refractivity contribution in [1.29, 1.82) is 0 Å². The highest BCUT2D eigenvalue weighted by Crippen LogP contribution is 2.47. The van der Waals surface area contributed by atoms with E-state index in [1.54, 1.807) is 48.5 Å². The number of nitrogens with one attached hydrogen (secondary N) is 1. The minimum Gasteiger partial charge on any atom is -0.508 e. The van der Waals surface area contributed by atoms with Gasteiger partial charge >= 0.3 is 0 Å². The zero-order valence-electron chi connectivity index (χ0n) is 79.3. The zero-order chi connectivity index (χ0) is 94.2. The number of ether oxygens (including phenoxy) is 2. The largest absolute Gasteiger partial charge is 0.508 e. The highest BCUT2D eigenvalue weighted by atomic mass is 16.5. The van der Waals surface area contributed by atoms with E-state index < -0.39 is 0 Å². The quantitative estimate of drug-likeness (QED) is 0.0170. The van der Waals surface area contributed by atoms with E-state index >= 15 is 0 Å². The highest BCUT2D eigenvalue weighted by Gasteiger charge is 2.45. The summed E-state index contributed by atoms with van der Waals surface area (Å²) in [4.78, 5) is 7.44. The van der Waals surface area contributed by atoms with E-state index in [-0.39, 0.29) is 49.4 Å². The number of likely N-dealkylation sites (tertiary alicyclic amines) is 3. The van der Waals surface area contributed by atoms with E-state index in [4.69, 9.17) is 9.47 Å². The lowest BCUT2D eigenvalue weighted by Gasteiger charge is -2.34. The van der Waals surface area contributed by atoms with Gasteiger partial charge < -0.3 is 60.5 Å². The number of phenols is 4. The standard InChI is InChI=1S/C32H38N2O3.C31H35NO2.C30H33NO3.C29H32O2/c35-21-4-7-30(25-5-2-1-3-6-25)31(26-8-12-28(36)13-9-26)27-10-14-29(15-11-27)37-22-20-34-19-17-32(24-34)16-18-33-23-32;1-23(2)32-20-18-25(19-21-32)24-10-12-27(13-11-24)31(28-14-16-29(34)17-15-28)30(9-6-22-33)26-7-4-3-5-8-26;32-17-4-7-29(22-5-2-1-3-6-22)30(23-8-12-27(33)13-9-23)24-10-14-28(15-11-24)34-18-16-31-20-25-19-26(25)21-31;30-21-7-12-28(24-10-5-2-6-11-24)29(26-17-19-27(31)20-18-26)25-15-13-23(14-16-25)22-8-3-1-4-9-22/h1-3,5-6,8-15,33,35-36H,4,7,16-24H2;3-5,7-8,10-17,25,33-34H,1,6,9,18-22H2,2H3;1-3,5-6,8-15,25-26,32-33H,4,7,16-21H2;2,5-6,10-11,13-20,22,30-31H,1,3-4,7-9,12,21H2/b31-30-;31-30+;30-29-;29-28+. The van der Waals surface area contributed by atoms with Crippen LogP contribution in [0.2, 0.25) is 0 Å². The van der Waals surface area contributed by atoms with Crippen molar-refractivity contribution in [3.8, 4) is 34.5 Å². The SMILES string of the molecule is C=C(C)N1CCC(c2ccc(/C(=C(/CCCO)c3ccccc3)c3ccc(O)cc3)cc2)CC1.OCCC/C(=C(\c1ccc(O)cc1)c1ccc(C2CCCCC2)cc1)c1ccccc1.OCCC/C(=C(\c1ccc(O)cc1)c1ccc(OCCN2CC3CC3C2)cc1)c1ccccc1.OCCC/C(=C(\c1ccc(O)cc1)c1ccc(OCCN2CCC3(CCNC3)C2)cc1)c1ccccc1. The number of piperidine rings is 2. The summed E-state index contributed by atoms with van der Waals surface area (Å²) < 4.78 is 12.2. The number of aliphatic hydroxyl groups is 4. The summed E-state index contributed by atoms with van der Waals surface area (Å²) in [5.41, 5.74) is 27.2. The number of fused-ring (bicyclic) bond motifs is 1. The molecule has 3 atom stereocenters. The van der Waals surface area contributed by atoms with Crippen LogP contribution in [0.1, 0.15) is 212 Å². The van der Waals surface area contributed by atoms with Gasteiger partial charge in [0, 0.05) is 84.5 Å². The van der Waals surface area contributed by atoms with Gasteiger partial charge in [-0.05, 0) is 341 Å². The predicted octanol–water partition coefficient (Wildman–Crippen LogP) is 24.7. The summed E-state index contributed by atoms with van der Waals surface area (Å²) in [7, 11) is 0. The van der Waals surface area contributed by atoms with Gasteiger partial charge in [-0.1, -0.05) is 268 Å². The number of hydrogen-bond acceptors (Lipinski definition) is 14. The molecule has 14 nitrogen and oxygen atoms in total. The summed E-state index contributed by atoms with van der Waals surface area (Å²) in [6.45, 7) is 19.4. The molecule has 4 saturated heterocycles. The first kappa shape index (κ1) is 98.2. The number of aromatic hydroxyl groups is 4. The molecule has 3 unspecified atom stereocenters. The Morgan fingerprint density at radius 2 is 0.647 bits per heavy atom. The van der Waals surface area contributed by atoms with Crippen molar-refractivity contribution in [1.82, 2.24) is 20.0 Å². The van der Waals surface area contributed by atoms with Gasteiger partial charge in [0.1, 0.15) is 47.7 Å². The van der Waals surface area contributed by atoms with Gasteiger partial charge in [-0.2, -0.15) is 0 Å². The van der Waals surface area contributed by atoms with Crippen LogP contribution in [0.25, 0.3) is 44.6 Å². The fraction of sp³-hybridized carbons (Fsp3) is 0.328. The molecule has 4 aliphatic heterocycles. The predicted molar refractivity (Wildman–Crippen MR) is 557 cm³/mol. The molecular weight excluding hydrogens is 1680 g/mol. The van der Waals surface area contributed by atoms with Crippen LogP contribution in [0, 0.1) is 17.3 Å². The molecule has 0 aromatic heterocycles. The molecule has 6 fully saturated rings. The number of benzene rings is 12. The first-order chi connectivity index (χ1) is 66.7. The fourth-order valence-corrected chi connectivity index (χ4v) is 20.7. The van der Waals surface area contributed by atoms with Crippen molar-refractivity contribution >= 4 is 44.6 Å². The van der Waals surface area contributed by atoms with E-state index in [0.29, 0.717) is 56.1 Å². The maximum absolute atomic E-state index is 9.89. The maximum Gasteiger partial charge on any atom is 0.119 e. The van der Waals surface area contributed by atoms with Gasteiger partial charge in [0.15, 0.2) is 0 Å². The maximum atomic E-state index is 9.89. The van der Waals surface area contributed by atoms with Crippen molar-refractivity contribution < 1.29 is 50.3 Å². The van der Waals surface area contributed by atoms with Crippen molar-refractivity contribution in [2.24, 2.45) is 17.3 Å². The first-order valence-electron chi connectivity index (χ1n) is 49.7. The number of rotatable bonds is 35.